The monoisotopic (exact) mass is 331 g/mol. The lowest BCUT2D eigenvalue weighted by molar-refractivity contribution is 0.172. The van der Waals surface area contributed by atoms with Crippen LogP contribution in [0.3, 0.4) is 0 Å². The van der Waals surface area contributed by atoms with Crippen LogP contribution in [0.4, 0.5) is 5.69 Å². The minimum absolute atomic E-state index is 0.490. The van der Waals surface area contributed by atoms with Crippen molar-refractivity contribution in [3.63, 3.8) is 0 Å². The van der Waals surface area contributed by atoms with Gasteiger partial charge in [-0.3, -0.25) is 4.90 Å². The summed E-state index contributed by atoms with van der Waals surface area (Å²) in [6, 6.07) is 11.4. The second kappa shape index (κ2) is 6.18. The molecule has 22 heavy (non-hydrogen) atoms. The van der Waals surface area contributed by atoms with Gasteiger partial charge < -0.3 is 5.73 Å². The van der Waals surface area contributed by atoms with Gasteiger partial charge >= 0.3 is 0 Å². The Morgan fingerprint density at radius 3 is 2.36 bits per heavy atom. The third kappa shape index (κ3) is 2.91. The normalized spacial score (nSPS) is 14.4. The zero-order valence-electron chi connectivity index (χ0n) is 11.9. The summed E-state index contributed by atoms with van der Waals surface area (Å²) in [4.78, 5) is 2.32. The van der Waals surface area contributed by atoms with Gasteiger partial charge in [-0.2, -0.15) is 5.26 Å². The minimum atomic E-state index is 0.490. The van der Waals surface area contributed by atoms with E-state index in [0.29, 0.717) is 26.9 Å². The molecule has 0 aliphatic carbocycles. The SMILES string of the molecule is N#Cc1cc(-c2c(Cl)cc(N)cc2Cl)ccc1CN1CCC1. The van der Waals surface area contributed by atoms with Crippen molar-refractivity contribution >= 4 is 28.9 Å². The number of hydrogen-bond acceptors (Lipinski definition) is 3. The number of nitriles is 1. The summed E-state index contributed by atoms with van der Waals surface area (Å²) in [6.07, 6.45) is 1.23. The third-order valence-corrected chi connectivity index (χ3v) is 4.52. The van der Waals surface area contributed by atoms with Crippen LogP contribution in [0.1, 0.15) is 17.5 Å². The topological polar surface area (TPSA) is 53.1 Å². The van der Waals surface area contributed by atoms with Gasteiger partial charge in [-0.05, 0) is 48.8 Å². The Hall–Kier alpha value is -1.73. The van der Waals surface area contributed by atoms with E-state index in [9.17, 15) is 5.26 Å². The van der Waals surface area contributed by atoms with E-state index in [4.69, 9.17) is 28.9 Å². The number of nitrogens with two attached hydrogens (primary N) is 1. The van der Waals surface area contributed by atoms with Crippen LogP contribution in [-0.2, 0) is 6.54 Å². The predicted molar refractivity (Wildman–Crippen MR) is 90.9 cm³/mol. The fourth-order valence-corrected chi connectivity index (χ4v) is 3.35. The average molecular weight is 332 g/mol. The van der Waals surface area contributed by atoms with E-state index in [-0.39, 0.29) is 0 Å². The number of nitrogens with zero attached hydrogens (tertiary/aromatic N) is 2. The van der Waals surface area contributed by atoms with Crippen LogP contribution in [-0.4, -0.2) is 18.0 Å². The van der Waals surface area contributed by atoms with Crippen molar-refractivity contribution < 1.29 is 0 Å². The quantitative estimate of drug-likeness (QED) is 0.852. The van der Waals surface area contributed by atoms with Gasteiger partial charge in [0.15, 0.2) is 0 Å². The molecule has 0 bridgehead atoms. The lowest BCUT2D eigenvalue weighted by Gasteiger charge is -2.31. The van der Waals surface area contributed by atoms with E-state index in [1.807, 2.05) is 18.2 Å². The highest BCUT2D eigenvalue weighted by Gasteiger charge is 2.17. The minimum Gasteiger partial charge on any atom is -0.399 e. The molecule has 2 aromatic rings. The van der Waals surface area contributed by atoms with Crippen LogP contribution in [0.2, 0.25) is 10.0 Å². The zero-order valence-corrected chi connectivity index (χ0v) is 13.5. The molecule has 0 unspecified atom stereocenters. The smallest absolute Gasteiger partial charge is 0.0995 e. The van der Waals surface area contributed by atoms with Gasteiger partial charge in [0.25, 0.3) is 0 Å². The molecule has 0 saturated carbocycles. The molecule has 5 heteroatoms. The van der Waals surface area contributed by atoms with Crippen molar-refractivity contribution in [3.8, 4) is 17.2 Å². The summed E-state index contributed by atoms with van der Waals surface area (Å²) in [6.45, 7) is 3.01. The van der Waals surface area contributed by atoms with E-state index in [1.54, 1.807) is 12.1 Å². The van der Waals surface area contributed by atoms with Crippen LogP contribution in [0.15, 0.2) is 30.3 Å². The molecule has 1 aliphatic rings. The van der Waals surface area contributed by atoms with E-state index >= 15 is 0 Å². The Morgan fingerprint density at radius 2 is 1.82 bits per heavy atom. The van der Waals surface area contributed by atoms with Crippen molar-refractivity contribution in [1.29, 1.82) is 5.26 Å². The fraction of sp³-hybridized carbons (Fsp3) is 0.235. The fourth-order valence-electron chi connectivity index (χ4n) is 2.62. The Kier molecular flexibility index (Phi) is 4.26. The van der Waals surface area contributed by atoms with Crippen LogP contribution in [0.5, 0.6) is 0 Å². The van der Waals surface area contributed by atoms with Gasteiger partial charge in [0.1, 0.15) is 0 Å². The van der Waals surface area contributed by atoms with Crippen LogP contribution < -0.4 is 5.73 Å². The van der Waals surface area contributed by atoms with Crippen molar-refractivity contribution in [2.45, 2.75) is 13.0 Å². The highest BCUT2D eigenvalue weighted by atomic mass is 35.5. The van der Waals surface area contributed by atoms with E-state index in [1.165, 1.54) is 6.42 Å². The van der Waals surface area contributed by atoms with Gasteiger partial charge in [0, 0.05) is 17.8 Å². The largest absolute Gasteiger partial charge is 0.399 e. The first-order chi connectivity index (χ1) is 10.6. The summed E-state index contributed by atoms with van der Waals surface area (Å²) in [7, 11) is 0. The summed E-state index contributed by atoms with van der Waals surface area (Å²) in [5.74, 6) is 0. The van der Waals surface area contributed by atoms with Crippen molar-refractivity contribution in [2.75, 3.05) is 18.8 Å². The molecule has 3 nitrogen and oxygen atoms in total. The molecule has 0 spiro atoms. The molecule has 1 aliphatic heterocycles. The predicted octanol–water partition coefficient (Wildman–Crippen LogP) is 4.32. The molecule has 1 fully saturated rings. The Morgan fingerprint density at radius 1 is 1.14 bits per heavy atom. The van der Waals surface area contributed by atoms with E-state index < -0.39 is 0 Å². The van der Waals surface area contributed by atoms with E-state index in [0.717, 1.165) is 30.8 Å². The Labute approximate surface area is 139 Å². The summed E-state index contributed by atoms with van der Waals surface area (Å²) in [5, 5.41) is 10.4. The molecule has 0 radical (unpaired) electrons. The molecule has 112 valence electrons. The molecule has 3 rings (SSSR count). The zero-order chi connectivity index (χ0) is 15.7. The molecule has 2 N–H and O–H groups in total. The third-order valence-electron chi connectivity index (χ3n) is 3.93. The lowest BCUT2D eigenvalue weighted by atomic mass is 9.98. The van der Waals surface area contributed by atoms with Gasteiger partial charge in [0.2, 0.25) is 0 Å². The molecule has 0 amide bonds. The number of halogens is 2. The van der Waals surface area contributed by atoms with Crippen LogP contribution >= 0.6 is 23.2 Å². The van der Waals surface area contributed by atoms with Gasteiger partial charge in [-0.25, -0.2) is 0 Å². The maximum atomic E-state index is 9.42. The molecule has 0 atom stereocenters. The van der Waals surface area contributed by atoms with Crippen molar-refractivity contribution in [1.82, 2.24) is 4.90 Å². The van der Waals surface area contributed by atoms with E-state index in [2.05, 4.69) is 11.0 Å². The van der Waals surface area contributed by atoms with Crippen molar-refractivity contribution in [3.05, 3.63) is 51.5 Å². The number of nitrogen functional groups attached to an aromatic ring is 1. The number of hydrogen-bond donors (Lipinski definition) is 1. The summed E-state index contributed by atoms with van der Waals surface area (Å²) in [5.41, 5.74) is 9.50. The number of anilines is 1. The lowest BCUT2D eigenvalue weighted by Crippen LogP contribution is -2.36. The molecule has 0 aromatic heterocycles. The molecular weight excluding hydrogens is 317 g/mol. The average Bonchev–Trinajstić information content (AvgIpc) is 2.42. The van der Waals surface area contributed by atoms with Gasteiger partial charge in [0.05, 0.1) is 21.7 Å². The Bertz CT molecular complexity index is 738. The first kappa shape index (κ1) is 15.2. The summed E-state index contributed by atoms with van der Waals surface area (Å²) < 4.78 is 0. The second-order valence-corrected chi connectivity index (χ2v) is 6.29. The first-order valence-corrected chi connectivity index (χ1v) is 7.84. The Balaban J connectivity index is 2.00. The maximum absolute atomic E-state index is 9.42. The molecule has 2 aromatic carbocycles. The number of benzene rings is 2. The first-order valence-electron chi connectivity index (χ1n) is 7.09. The molecule has 1 saturated heterocycles. The highest BCUT2D eigenvalue weighted by molar-refractivity contribution is 6.39. The molecule has 1 heterocycles. The van der Waals surface area contributed by atoms with Crippen LogP contribution in [0.25, 0.3) is 11.1 Å². The van der Waals surface area contributed by atoms with Gasteiger partial charge in [-0.15, -0.1) is 0 Å². The number of likely N-dealkylation sites (tertiary alicyclic amines) is 1. The summed E-state index contributed by atoms with van der Waals surface area (Å²) >= 11 is 12.5. The standard InChI is InChI=1S/C17H15Cl2N3/c18-15-7-14(21)8-16(19)17(15)11-2-3-12(13(6-11)9-20)10-22-4-1-5-22/h2-3,6-8H,1,4-5,10,21H2. The number of rotatable bonds is 3. The highest BCUT2D eigenvalue weighted by Crippen LogP contribution is 2.37. The second-order valence-electron chi connectivity index (χ2n) is 5.47. The van der Waals surface area contributed by atoms with Crippen molar-refractivity contribution in [2.24, 2.45) is 0 Å². The van der Waals surface area contributed by atoms with Crippen LogP contribution in [0, 0.1) is 11.3 Å². The van der Waals surface area contributed by atoms with Gasteiger partial charge in [-0.1, -0.05) is 35.3 Å². The molecular formula is C17H15Cl2N3. The maximum Gasteiger partial charge on any atom is 0.0995 e.